The molecule has 1 N–H and O–H groups in total. The van der Waals surface area contributed by atoms with E-state index in [0.29, 0.717) is 5.57 Å². The smallest absolute Gasteiger partial charge is 0.351 e. The number of hydrogen-bond acceptors (Lipinski definition) is 2. The first-order valence-electron chi connectivity index (χ1n) is 4.53. The van der Waals surface area contributed by atoms with E-state index >= 15 is 0 Å². The molecular formula is C9H7BrF6NO. The Morgan fingerprint density at radius 3 is 2.17 bits per heavy atom. The van der Waals surface area contributed by atoms with Crippen LogP contribution in [0.4, 0.5) is 26.3 Å². The number of hydrogen-bond donors (Lipinski definition) is 1. The van der Waals surface area contributed by atoms with Gasteiger partial charge in [0.1, 0.15) is 6.23 Å². The fourth-order valence-electron chi connectivity index (χ4n) is 1.20. The highest BCUT2D eigenvalue weighted by atomic mass is 79.9. The van der Waals surface area contributed by atoms with E-state index in [2.05, 4.69) is 32.1 Å². The van der Waals surface area contributed by atoms with Gasteiger partial charge in [-0.25, -0.2) is 0 Å². The topological polar surface area (TPSA) is 21.3 Å². The van der Waals surface area contributed by atoms with Crippen LogP contribution in [0.1, 0.15) is 6.92 Å². The number of nitrogens with one attached hydrogen (secondary N) is 1. The summed E-state index contributed by atoms with van der Waals surface area (Å²) in [5.41, 5.74) is 0.355. The van der Waals surface area contributed by atoms with E-state index in [1.165, 1.54) is 6.92 Å². The molecular weight excluding hydrogens is 332 g/mol. The van der Waals surface area contributed by atoms with Crippen molar-refractivity contribution in [1.29, 1.82) is 0 Å². The Kier molecular flexibility index (Phi) is 4.37. The summed E-state index contributed by atoms with van der Waals surface area (Å²) in [5, 5.41) is 2.24. The zero-order valence-electron chi connectivity index (χ0n) is 8.79. The van der Waals surface area contributed by atoms with Crippen LogP contribution in [0, 0.1) is 6.08 Å². The Morgan fingerprint density at radius 2 is 1.78 bits per heavy atom. The maximum atomic E-state index is 12.2. The van der Waals surface area contributed by atoms with Gasteiger partial charge in [0, 0.05) is 6.08 Å². The van der Waals surface area contributed by atoms with Crippen LogP contribution in [0.3, 0.4) is 0 Å². The minimum atomic E-state index is -5.53. The molecule has 0 aromatic carbocycles. The number of dihydropyridines is 1. The van der Waals surface area contributed by atoms with Gasteiger partial charge in [-0.1, -0.05) is 0 Å². The van der Waals surface area contributed by atoms with Crippen molar-refractivity contribution < 1.29 is 31.1 Å². The SMILES string of the molecule is CC1=CC(OC(C(F)(F)F)C(F)(F)F)NC(Br)=[C]1. The van der Waals surface area contributed by atoms with E-state index in [1.54, 1.807) is 0 Å². The molecule has 1 aliphatic rings. The second-order valence-corrected chi connectivity index (χ2v) is 4.25. The number of ether oxygens (including phenoxy) is 1. The third-order valence-corrected chi connectivity index (χ3v) is 2.28. The van der Waals surface area contributed by atoms with E-state index in [-0.39, 0.29) is 4.61 Å². The third-order valence-electron chi connectivity index (χ3n) is 1.85. The summed E-state index contributed by atoms with van der Waals surface area (Å²) in [6, 6.07) is 0. The summed E-state index contributed by atoms with van der Waals surface area (Å²) in [7, 11) is 0. The summed E-state index contributed by atoms with van der Waals surface area (Å²) in [6.45, 7) is 1.47. The van der Waals surface area contributed by atoms with Crippen molar-refractivity contribution in [3.63, 3.8) is 0 Å². The number of alkyl halides is 6. The second kappa shape index (κ2) is 5.12. The fraction of sp³-hybridized carbons (Fsp3) is 0.556. The van der Waals surface area contributed by atoms with Gasteiger partial charge in [0.2, 0.25) is 0 Å². The number of rotatable bonds is 2. The normalized spacial score (nSPS) is 21.5. The Hall–Kier alpha value is -0.700. The summed E-state index contributed by atoms with van der Waals surface area (Å²) in [6.07, 6.45) is -12.8. The van der Waals surface area contributed by atoms with E-state index in [0.717, 1.165) is 6.08 Å². The molecule has 0 fully saturated rings. The highest BCUT2D eigenvalue weighted by Crippen LogP contribution is 2.36. The van der Waals surface area contributed by atoms with Crippen LogP contribution < -0.4 is 5.32 Å². The van der Waals surface area contributed by atoms with Gasteiger partial charge in [-0.2, -0.15) is 26.3 Å². The maximum Gasteiger partial charge on any atom is 0.423 e. The van der Waals surface area contributed by atoms with Crippen molar-refractivity contribution >= 4 is 15.9 Å². The lowest BCUT2D eigenvalue weighted by molar-refractivity contribution is -0.329. The van der Waals surface area contributed by atoms with Crippen LogP contribution in [-0.2, 0) is 4.74 Å². The van der Waals surface area contributed by atoms with Gasteiger partial charge in [0.05, 0.1) is 4.61 Å². The molecule has 0 spiro atoms. The van der Waals surface area contributed by atoms with Crippen molar-refractivity contribution in [2.24, 2.45) is 0 Å². The second-order valence-electron chi connectivity index (χ2n) is 3.45. The molecule has 1 unspecified atom stereocenters. The first kappa shape index (κ1) is 15.4. The monoisotopic (exact) mass is 338 g/mol. The van der Waals surface area contributed by atoms with Crippen LogP contribution >= 0.6 is 15.9 Å². The molecule has 0 aliphatic carbocycles. The van der Waals surface area contributed by atoms with Crippen LogP contribution in [0.5, 0.6) is 0 Å². The molecule has 0 bridgehead atoms. The zero-order valence-corrected chi connectivity index (χ0v) is 10.4. The van der Waals surface area contributed by atoms with E-state index in [4.69, 9.17) is 0 Å². The van der Waals surface area contributed by atoms with Crippen LogP contribution in [0.15, 0.2) is 16.3 Å². The van der Waals surface area contributed by atoms with Gasteiger partial charge < -0.3 is 10.1 Å². The molecule has 9 heteroatoms. The van der Waals surface area contributed by atoms with Gasteiger partial charge in [0.15, 0.2) is 0 Å². The van der Waals surface area contributed by atoms with Crippen LogP contribution in [0.25, 0.3) is 0 Å². The Labute approximate surface area is 107 Å². The predicted octanol–water partition coefficient (Wildman–Crippen LogP) is 3.41. The minimum absolute atomic E-state index is 0.121. The Bertz CT molecular complexity index is 358. The van der Waals surface area contributed by atoms with Crippen molar-refractivity contribution in [2.45, 2.75) is 31.6 Å². The van der Waals surface area contributed by atoms with Crippen molar-refractivity contribution in [3.8, 4) is 0 Å². The summed E-state index contributed by atoms with van der Waals surface area (Å²) in [4.78, 5) is 0. The van der Waals surface area contributed by atoms with Crippen molar-refractivity contribution in [1.82, 2.24) is 5.32 Å². The molecule has 0 aromatic rings. The fourth-order valence-corrected chi connectivity index (χ4v) is 1.74. The summed E-state index contributed by atoms with van der Waals surface area (Å²) < 4.78 is 77.6. The molecule has 1 aliphatic heterocycles. The van der Waals surface area contributed by atoms with E-state index < -0.39 is 24.7 Å². The average molecular weight is 339 g/mol. The minimum Gasteiger partial charge on any atom is -0.351 e. The third kappa shape index (κ3) is 4.20. The highest BCUT2D eigenvalue weighted by molar-refractivity contribution is 9.11. The first-order chi connectivity index (χ1) is 8.00. The molecule has 1 radical (unpaired) electrons. The van der Waals surface area contributed by atoms with Gasteiger partial charge in [-0.15, -0.1) is 0 Å². The lowest BCUT2D eigenvalue weighted by Crippen LogP contribution is -2.48. The predicted molar refractivity (Wildman–Crippen MR) is 53.3 cm³/mol. The van der Waals surface area contributed by atoms with Gasteiger partial charge in [-0.3, -0.25) is 0 Å². The van der Waals surface area contributed by atoms with Crippen LogP contribution in [0.2, 0.25) is 0 Å². The molecule has 0 saturated carbocycles. The molecule has 1 heterocycles. The lowest BCUT2D eigenvalue weighted by Gasteiger charge is -2.28. The maximum absolute atomic E-state index is 12.2. The average Bonchev–Trinajstić information content (AvgIpc) is 2.08. The highest BCUT2D eigenvalue weighted by Gasteiger charge is 2.58. The van der Waals surface area contributed by atoms with Gasteiger partial charge in [-0.05, 0) is 34.5 Å². The van der Waals surface area contributed by atoms with Crippen molar-refractivity contribution in [2.75, 3.05) is 0 Å². The van der Waals surface area contributed by atoms with Gasteiger partial charge >= 0.3 is 12.4 Å². The molecule has 1 atom stereocenters. The number of allylic oxidation sites excluding steroid dienone is 2. The van der Waals surface area contributed by atoms with Gasteiger partial charge in [0.25, 0.3) is 6.10 Å². The summed E-state index contributed by atoms with van der Waals surface area (Å²) in [5.74, 6) is 0. The molecule has 0 aromatic heterocycles. The zero-order chi connectivity index (χ0) is 14.1. The molecule has 0 saturated heterocycles. The molecule has 1 rings (SSSR count). The number of halogens is 7. The molecule has 0 amide bonds. The van der Waals surface area contributed by atoms with Crippen LogP contribution in [-0.4, -0.2) is 24.7 Å². The molecule has 103 valence electrons. The van der Waals surface area contributed by atoms with E-state index in [1.807, 2.05) is 0 Å². The Balaban J connectivity index is 2.84. The quantitative estimate of drug-likeness (QED) is 0.615. The largest absolute Gasteiger partial charge is 0.423 e. The standard InChI is InChI=1S/C9H7BrF6NO/c1-4-2-5(10)17-6(3-4)18-7(8(11,12)13)9(14,15)16/h3,6-7,17H,1H3. The molecule has 18 heavy (non-hydrogen) atoms. The summed E-state index contributed by atoms with van der Waals surface area (Å²) >= 11 is 2.87. The Morgan fingerprint density at radius 1 is 1.28 bits per heavy atom. The molecule has 2 nitrogen and oxygen atoms in total. The van der Waals surface area contributed by atoms with Crippen molar-refractivity contribution in [3.05, 3.63) is 22.3 Å². The van der Waals surface area contributed by atoms with E-state index in [9.17, 15) is 26.3 Å². The lowest BCUT2D eigenvalue weighted by atomic mass is 10.2. The first-order valence-corrected chi connectivity index (χ1v) is 5.33.